The van der Waals surface area contributed by atoms with Gasteiger partial charge in [0.1, 0.15) is 0 Å². The predicted molar refractivity (Wildman–Crippen MR) is 80.1 cm³/mol. The molecule has 8 heteroatoms. The molecule has 0 atom stereocenters. The lowest BCUT2D eigenvalue weighted by Crippen LogP contribution is -2.32. The van der Waals surface area contributed by atoms with E-state index in [4.69, 9.17) is 0 Å². The zero-order chi connectivity index (χ0) is 15.7. The number of rotatable bonds is 7. The van der Waals surface area contributed by atoms with E-state index < -0.39 is 20.0 Å². The first kappa shape index (κ1) is 21.1. The summed E-state index contributed by atoms with van der Waals surface area (Å²) in [5.41, 5.74) is 0. The van der Waals surface area contributed by atoms with E-state index in [1.807, 2.05) is 20.8 Å². The topological polar surface area (TPSA) is 92.3 Å². The molecular weight excluding hydrogens is 288 g/mol. The van der Waals surface area contributed by atoms with Crippen LogP contribution in [0.25, 0.3) is 0 Å². The molecule has 0 aliphatic heterocycles. The third kappa shape index (κ3) is 12.6. The van der Waals surface area contributed by atoms with Crippen molar-refractivity contribution in [2.24, 2.45) is 0 Å². The Kier molecular flexibility index (Phi) is 10.8. The van der Waals surface area contributed by atoms with Gasteiger partial charge in [0.05, 0.1) is 11.0 Å². The van der Waals surface area contributed by atoms with Gasteiger partial charge in [0, 0.05) is 12.6 Å². The Morgan fingerprint density at radius 2 is 1.42 bits per heavy atom. The molecule has 118 valence electrons. The number of nitrogens with one attached hydrogen (secondary N) is 2. The quantitative estimate of drug-likeness (QED) is 0.734. The van der Waals surface area contributed by atoms with Crippen molar-refractivity contribution in [1.82, 2.24) is 9.44 Å². The fourth-order valence-electron chi connectivity index (χ4n) is 1.05. The molecule has 6 nitrogen and oxygen atoms in total. The van der Waals surface area contributed by atoms with Gasteiger partial charge < -0.3 is 0 Å². The fourth-order valence-corrected chi connectivity index (χ4v) is 3.16. The molecule has 0 bridgehead atoms. The fraction of sp³-hybridized carbons (Fsp3) is 1.00. The molecule has 0 fully saturated rings. The van der Waals surface area contributed by atoms with E-state index in [1.54, 1.807) is 20.8 Å². The highest BCUT2D eigenvalue weighted by atomic mass is 32.2. The van der Waals surface area contributed by atoms with Crippen molar-refractivity contribution in [1.29, 1.82) is 0 Å². The van der Waals surface area contributed by atoms with Crippen LogP contribution in [-0.2, 0) is 20.0 Å². The van der Waals surface area contributed by atoms with Crippen molar-refractivity contribution in [2.45, 2.75) is 59.3 Å². The van der Waals surface area contributed by atoms with Gasteiger partial charge in [-0.1, -0.05) is 13.8 Å². The largest absolute Gasteiger partial charge is 0.215 e. The van der Waals surface area contributed by atoms with E-state index >= 15 is 0 Å². The smallest absolute Gasteiger partial charge is 0.213 e. The van der Waals surface area contributed by atoms with Crippen LogP contribution in [0.5, 0.6) is 0 Å². The second-order valence-electron chi connectivity index (χ2n) is 4.68. The van der Waals surface area contributed by atoms with E-state index in [-0.39, 0.29) is 17.0 Å². The first-order valence-corrected chi connectivity index (χ1v) is 9.66. The van der Waals surface area contributed by atoms with Gasteiger partial charge in [-0.25, -0.2) is 26.3 Å². The first-order chi connectivity index (χ1) is 8.48. The summed E-state index contributed by atoms with van der Waals surface area (Å²) in [4.78, 5) is 0. The van der Waals surface area contributed by atoms with Crippen LogP contribution in [0.2, 0.25) is 0 Å². The van der Waals surface area contributed by atoms with Crippen LogP contribution in [0.1, 0.15) is 48.0 Å². The number of hydrogen-bond donors (Lipinski definition) is 2. The molecule has 2 N–H and O–H groups in total. The summed E-state index contributed by atoms with van der Waals surface area (Å²) in [5, 5.41) is -0.322. The maximum Gasteiger partial charge on any atom is 0.213 e. The number of sulfonamides is 2. The predicted octanol–water partition coefficient (Wildman–Crippen LogP) is 1.06. The standard InChI is InChI=1S/C6H15NO2S.C5H13NO2S/c1-4-5-10(8,9)7-6(2)3;1-4-6-9(7,8)5(2)3/h6-7H,4-5H2,1-3H3;5-6H,4H2,1-3H3. The highest BCUT2D eigenvalue weighted by Gasteiger charge is 2.12. The molecule has 0 aromatic carbocycles. The van der Waals surface area contributed by atoms with Crippen molar-refractivity contribution in [2.75, 3.05) is 12.3 Å². The van der Waals surface area contributed by atoms with E-state index in [9.17, 15) is 16.8 Å². The molecule has 0 unspecified atom stereocenters. The zero-order valence-corrected chi connectivity index (χ0v) is 14.4. The highest BCUT2D eigenvalue weighted by Crippen LogP contribution is 1.93. The van der Waals surface area contributed by atoms with Crippen LogP contribution in [0, 0.1) is 0 Å². The summed E-state index contributed by atoms with van der Waals surface area (Å²) < 4.78 is 48.4. The molecular formula is C11H28N2O4S2. The van der Waals surface area contributed by atoms with E-state index in [0.29, 0.717) is 13.0 Å². The van der Waals surface area contributed by atoms with E-state index in [1.165, 1.54) is 0 Å². The van der Waals surface area contributed by atoms with Crippen LogP contribution in [0.3, 0.4) is 0 Å². The monoisotopic (exact) mass is 316 g/mol. The summed E-state index contributed by atoms with van der Waals surface area (Å²) in [6.45, 7) is 11.0. The zero-order valence-electron chi connectivity index (χ0n) is 12.7. The summed E-state index contributed by atoms with van der Waals surface area (Å²) >= 11 is 0. The molecule has 19 heavy (non-hydrogen) atoms. The van der Waals surface area contributed by atoms with E-state index in [2.05, 4.69) is 9.44 Å². The van der Waals surface area contributed by atoms with Gasteiger partial charge in [-0.05, 0) is 34.1 Å². The Morgan fingerprint density at radius 3 is 1.63 bits per heavy atom. The lowest BCUT2D eigenvalue weighted by atomic mass is 10.4. The minimum absolute atomic E-state index is 0.0107. The van der Waals surface area contributed by atoms with Gasteiger partial charge in [0.15, 0.2) is 0 Å². The van der Waals surface area contributed by atoms with Crippen molar-refractivity contribution in [3.63, 3.8) is 0 Å². The van der Waals surface area contributed by atoms with Crippen LogP contribution in [-0.4, -0.2) is 40.4 Å². The van der Waals surface area contributed by atoms with Crippen LogP contribution in [0.15, 0.2) is 0 Å². The minimum atomic E-state index is -3.00. The van der Waals surface area contributed by atoms with Crippen molar-refractivity contribution >= 4 is 20.0 Å². The number of hydrogen-bond acceptors (Lipinski definition) is 4. The van der Waals surface area contributed by atoms with Crippen molar-refractivity contribution < 1.29 is 16.8 Å². The summed E-state index contributed by atoms with van der Waals surface area (Å²) in [7, 11) is -5.98. The molecule has 0 saturated carbocycles. The summed E-state index contributed by atoms with van der Waals surface area (Å²) in [5.74, 6) is 0.227. The molecule has 0 spiro atoms. The third-order valence-corrected chi connectivity index (χ3v) is 5.56. The molecule has 0 amide bonds. The first-order valence-electron chi connectivity index (χ1n) is 6.47. The molecule has 0 aromatic heterocycles. The molecule has 0 aliphatic rings. The Morgan fingerprint density at radius 1 is 0.947 bits per heavy atom. The SMILES string of the molecule is CCCS(=O)(=O)NC(C)C.CCNS(=O)(=O)C(C)C. The molecule has 0 aromatic rings. The van der Waals surface area contributed by atoms with E-state index in [0.717, 1.165) is 0 Å². The molecule has 0 heterocycles. The van der Waals surface area contributed by atoms with Crippen LogP contribution < -0.4 is 9.44 Å². The minimum Gasteiger partial charge on any atom is -0.215 e. The molecule has 0 rings (SSSR count). The second kappa shape index (κ2) is 9.68. The molecule has 0 saturated heterocycles. The van der Waals surface area contributed by atoms with Gasteiger partial charge in [-0.3, -0.25) is 0 Å². The Balaban J connectivity index is 0. The Labute approximate surface area is 118 Å². The third-order valence-electron chi connectivity index (χ3n) is 1.85. The van der Waals surface area contributed by atoms with Gasteiger partial charge in [0.25, 0.3) is 0 Å². The summed E-state index contributed by atoms with van der Waals surface area (Å²) in [6, 6.07) is 0.0107. The average molecular weight is 316 g/mol. The molecule has 0 radical (unpaired) electrons. The van der Waals surface area contributed by atoms with Crippen LogP contribution >= 0.6 is 0 Å². The van der Waals surface area contributed by atoms with Gasteiger partial charge >= 0.3 is 0 Å². The molecule has 0 aliphatic carbocycles. The Hall–Kier alpha value is -0.180. The van der Waals surface area contributed by atoms with Gasteiger partial charge in [-0.15, -0.1) is 0 Å². The maximum absolute atomic E-state index is 10.9. The lowest BCUT2D eigenvalue weighted by molar-refractivity contribution is 0.568. The van der Waals surface area contributed by atoms with Crippen LogP contribution in [0.4, 0.5) is 0 Å². The summed E-state index contributed by atoms with van der Waals surface area (Å²) in [6.07, 6.45) is 0.669. The lowest BCUT2D eigenvalue weighted by Gasteiger charge is -2.07. The van der Waals surface area contributed by atoms with Gasteiger partial charge in [0.2, 0.25) is 20.0 Å². The van der Waals surface area contributed by atoms with Crippen molar-refractivity contribution in [3.8, 4) is 0 Å². The highest BCUT2D eigenvalue weighted by molar-refractivity contribution is 7.90. The average Bonchev–Trinajstić information content (AvgIpc) is 2.15. The normalized spacial score (nSPS) is 12.4. The van der Waals surface area contributed by atoms with Gasteiger partial charge in [-0.2, -0.15) is 0 Å². The maximum atomic E-state index is 10.9. The Bertz CT molecular complexity index is 414. The van der Waals surface area contributed by atoms with Crippen molar-refractivity contribution in [3.05, 3.63) is 0 Å². The second-order valence-corrected chi connectivity index (χ2v) is 8.88.